The molecular formula is C14H14N2O2Rh. The number of aliphatic imine (C=N–C) groups is 1. The normalized spacial score (nSPS) is 10.3. The minimum Gasteiger partial charge on any atom is -0.359 e. The molecule has 1 aromatic carbocycles. The van der Waals surface area contributed by atoms with E-state index in [0.717, 1.165) is 10.9 Å². The summed E-state index contributed by atoms with van der Waals surface area (Å²) >= 11 is 0. The molecule has 0 saturated carbocycles. The first-order valence-electron chi connectivity index (χ1n) is 5.15. The van der Waals surface area contributed by atoms with Crippen LogP contribution in [0.3, 0.4) is 0 Å². The minimum absolute atomic E-state index is 0. The summed E-state index contributed by atoms with van der Waals surface area (Å²) in [6, 6.07) is 7.51. The third-order valence-corrected chi connectivity index (χ3v) is 2.67. The third kappa shape index (κ3) is 3.20. The van der Waals surface area contributed by atoms with E-state index < -0.39 is 0 Å². The molecule has 0 saturated heterocycles. The fraction of sp³-hybridized carbons (Fsp3) is 0.143. The third-order valence-electron chi connectivity index (χ3n) is 2.67. The number of nitrogens with zero attached hydrogens (tertiary/aromatic N) is 2. The Kier molecular flexibility index (Phi) is 6.40. The molecule has 0 N–H and O–H groups in total. The molecule has 2 aromatic rings. The van der Waals surface area contributed by atoms with Crippen LogP contribution in [0.1, 0.15) is 12.5 Å². The number of isocyanates is 1. The second-order valence-corrected chi connectivity index (χ2v) is 3.78. The van der Waals surface area contributed by atoms with Gasteiger partial charge in [0, 0.05) is 7.05 Å². The van der Waals surface area contributed by atoms with Crippen molar-refractivity contribution in [1.29, 1.82) is 0 Å². The fourth-order valence-corrected chi connectivity index (χ4v) is 1.85. The Morgan fingerprint density at radius 3 is 2.68 bits per heavy atom. The van der Waals surface area contributed by atoms with E-state index in [1.54, 1.807) is 24.6 Å². The van der Waals surface area contributed by atoms with Crippen LogP contribution in [0.4, 0.5) is 0 Å². The zero-order valence-corrected chi connectivity index (χ0v) is 12.6. The molecule has 0 aliphatic heterocycles. The molecule has 5 heteroatoms. The SMILES string of the molecule is C/C(=C/[c-]1c(=O)n(C)c2ccccc21)N=C=O.[CH3-].[Rh+2]. The van der Waals surface area contributed by atoms with Crippen LogP contribution in [0, 0.1) is 7.43 Å². The van der Waals surface area contributed by atoms with Gasteiger partial charge in [0.05, 0.1) is 0 Å². The van der Waals surface area contributed by atoms with Crippen molar-refractivity contribution in [3.8, 4) is 0 Å². The molecule has 2 rings (SSSR count). The molecule has 0 fully saturated rings. The quantitative estimate of drug-likeness (QED) is 0.363. The molecule has 0 aliphatic carbocycles. The van der Waals surface area contributed by atoms with E-state index >= 15 is 0 Å². The summed E-state index contributed by atoms with van der Waals surface area (Å²) in [5.74, 6) is 0. The van der Waals surface area contributed by atoms with Crippen LogP contribution in [0.2, 0.25) is 0 Å². The molecule has 0 aliphatic rings. The number of aryl methyl sites for hydroxylation is 1. The fourth-order valence-electron chi connectivity index (χ4n) is 1.85. The van der Waals surface area contributed by atoms with Crippen LogP contribution >= 0.6 is 0 Å². The van der Waals surface area contributed by atoms with Crippen molar-refractivity contribution in [3.63, 3.8) is 0 Å². The predicted octanol–water partition coefficient (Wildman–Crippen LogP) is 2.40. The second kappa shape index (κ2) is 7.03. The number of hydrogen-bond acceptors (Lipinski definition) is 3. The minimum atomic E-state index is -0.0911. The van der Waals surface area contributed by atoms with Gasteiger partial charge in [0.2, 0.25) is 11.6 Å². The van der Waals surface area contributed by atoms with Gasteiger partial charge in [-0.3, -0.25) is 4.79 Å². The van der Waals surface area contributed by atoms with Gasteiger partial charge in [-0.1, -0.05) is 19.1 Å². The Balaban J connectivity index is 0.00000162. The van der Waals surface area contributed by atoms with Gasteiger partial charge >= 0.3 is 19.5 Å². The van der Waals surface area contributed by atoms with Crippen LogP contribution in [0.5, 0.6) is 0 Å². The van der Waals surface area contributed by atoms with E-state index in [1.165, 1.54) is 6.08 Å². The van der Waals surface area contributed by atoms with Crippen molar-refractivity contribution in [2.24, 2.45) is 12.0 Å². The van der Waals surface area contributed by atoms with Gasteiger partial charge in [-0.2, -0.15) is 0 Å². The number of aromatic nitrogens is 1. The zero-order chi connectivity index (χ0) is 12.4. The number of fused-ring (bicyclic) bond motifs is 1. The van der Waals surface area contributed by atoms with E-state index in [0.29, 0.717) is 11.3 Å². The monoisotopic (exact) mass is 345 g/mol. The summed E-state index contributed by atoms with van der Waals surface area (Å²) in [5, 5.41) is 0.862. The van der Waals surface area contributed by atoms with Crippen molar-refractivity contribution in [2.45, 2.75) is 6.92 Å². The number of rotatable bonds is 2. The van der Waals surface area contributed by atoms with Crippen molar-refractivity contribution in [2.75, 3.05) is 0 Å². The Morgan fingerprint density at radius 1 is 1.42 bits per heavy atom. The van der Waals surface area contributed by atoms with Crippen LogP contribution in [-0.2, 0) is 31.3 Å². The first-order valence-corrected chi connectivity index (χ1v) is 5.15. The van der Waals surface area contributed by atoms with E-state index in [9.17, 15) is 9.59 Å². The Hall–Kier alpha value is -1.70. The van der Waals surface area contributed by atoms with Gasteiger partial charge in [-0.05, 0) is 16.8 Å². The topological polar surface area (TPSA) is 51.4 Å². The Morgan fingerprint density at radius 2 is 2.05 bits per heavy atom. The molecule has 1 heterocycles. The molecule has 19 heavy (non-hydrogen) atoms. The van der Waals surface area contributed by atoms with Crippen LogP contribution in [-0.4, -0.2) is 10.6 Å². The van der Waals surface area contributed by atoms with Crippen LogP contribution in [0.15, 0.2) is 39.7 Å². The maximum atomic E-state index is 12.0. The number of benzene rings is 1. The van der Waals surface area contributed by atoms with Gasteiger partial charge < -0.3 is 12.0 Å². The maximum Gasteiger partial charge on any atom is 2.00 e. The zero-order valence-electron chi connectivity index (χ0n) is 10.9. The van der Waals surface area contributed by atoms with Crippen molar-refractivity contribution in [3.05, 3.63) is 53.3 Å². The molecule has 1 radical (unpaired) electrons. The molecule has 101 valence electrons. The first kappa shape index (κ1) is 17.3. The smallest absolute Gasteiger partial charge is 0.359 e. The summed E-state index contributed by atoms with van der Waals surface area (Å²) in [5.41, 5.74) is 1.80. The van der Waals surface area contributed by atoms with E-state index in [-0.39, 0.29) is 32.5 Å². The van der Waals surface area contributed by atoms with Gasteiger partial charge in [-0.25, -0.2) is 9.79 Å². The van der Waals surface area contributed by atoms with Gasteiger partial charge in [0.15, 0.2) is 0 Å². The second-order valence-electron chi connectivity index (χ2n) is 3.78. The summed E-state index contributed by atoms with van der Waals surface area (Å²) in [6.45, 7) is 1.66. The van der Waals surface area contributed by atoms with Gasteiger partial charge in [-0.15, -0.1) is 23.6 Å². The van der Waals surface area contributed by atoms with E-state index in [2.05, 4.69) is 4.99 Å². The first-order chi connectivity index (χ1) is 8.15. The Bertz CT molecular complexity index is 704. The van der Waals surface area contributed by atoms with Crippen LogP contribution in [0.25, 0.3) is 17.0 Å². The summed E-state index contributed by atoms with van der Waals surface area (Å²) in [4.78, 5) is 25.6. The number of hydrogen-bond donors (Lipinski definition) is 0. The van der Waals surface area contributed by atoms with Crippen molar-refractivity contribution >= 4 is 23.1 Å². The summed E-state index contributed by atoms with van der Waals surface area (Å²) < 4.78 is 1.58. The molecule has 0 atom stereocenters. The van der Waals surface area contributed by atoms with E-state index in [1.807, 2.05) is 24.3 Å². The maximum absolute atomic E-state index is 12.0. The molecule has 0 amide bonds. The van der Waals surface area contributed by atoms with Crippen molar-refractivity contribution in [1.82, 2.24) is 4.57 Å². The standard InChI is InChI=1S/C13H11N2O2.CH3.Rh/c1-9(14-8-16)7-11-10-5-3-4-6-12(10)15(2)13(11)17;;/h3-7H,1-2H3;1H3;/q2*-1;+2/b9-7-;;. The molecule has 0 bridgehead atoms. The van der Waals surface area contributed by atoms with Crippen molar-refractivity contribution < 1.29 is 24.3 Å². The largest absolute Gasteiger partial charge is 2.00 e. The average molecular weight is 345 g/mol. The molecule has 0 unspecified atom stereocenters. The van der Waals surface area contributed by atoms with Gasteiger partial charge in [0.25, 0.3) is 0 Å². The Labute approximate surface area is 124 Å². The number of para-hydroxylation sites is 1. The predicted molar refractivity (Wildman–Crippen MR) is 73.0 cm³/mol. The molecule has 0 spiro atoms. The van der Waals surface area contributed by atoms with E-state index in [4.69, 9.17) is 0 Å². The average Bonchev–Trinajstić information content (AvgIpc) is 2.56. The van der Waals surface area contributed by atoms with Gasteiger partial charge in [0.1, 0.15) is 0 Å². The molecule has 1 aromatic heterocycles. The number of allylic oxidation sites excluding steroid dienone is 1. The number of carbonyl (C=O) groups excluding carboxylic acids is 1. The summed E-state index contributed by atoms with van der Waals surface area (Å²) in [7, 11) is 1.72. The molecular weight excluding hydrogens is 331 g/mol. The summed E-state index contributed by atoms with van der Waals surface area (Å²) in [6.07, 6.45) is 3.07. The molecule has 4 nitrogen and oxygen atoms in total. The van der Waals surface area contributed by atoms with Crippen LogP contribution < -0.4 is 5.56 Å².